The second kappa shape index (κ2) is 9.49. The molecule has 0 saturated heterocycles. The van der Waals surface area contributed by atoms with Gasteiger partial charge in [-0.2, -0.15) is 0 Å². The molecule has 6 nitrogen and oxygen atoms in total. The van der Waals surface area contributed by atoms with E-state index >= 15 is 0 Å². The van der Waals surface area contributed by atoms with Crippen LogP contribution >= 0.6 is 11.3 Å². The van der Waals surface area contributed by atoms with Crippen LogP contribution in [0.5, 0.6) is 17.2 Å². The Kier molecular flexibility index (Phi) is 6.33. The summed E-state index contributed by atoms with van der Waals surface area (Å²) in [6.07, 6.45) is 0. The molecule has 0 saturated carbocycles. The van der Waals surface area contributed by atoms with Gasteiger partial charge in [0.2, 0.25) is 0 Å². The highest BCUT2D eigenvalue weighted by molar-refractivity contribution is 7.22. The van der Waals surface area contributed by atoms with Gasteiger partial charge in [0, 0.05) is 6.07 Å². The van der Waals surface area contributed by atoms with E-state index in [1.807, 2.05) is 60.7 Å². The average Bonchev–Trinajstić information content (AvgIpc) is 3.24. The van der Waals surface area contributed by atoms with Crippen molar-refractivity contribution < 1.29 is 19.0 Å². The Hall–Kier alpha value is -3.58. The molecule has 0 aliphatic rings. The summed E-state index contributed by atoms with van der Waals surface area (Å²) in [5.41, 5.74) is 1.83. The van der Waals surface area contributed by atoms with E-state index in [-0.39, 0.29) is 12.5 Å². The van der Waals surface area contributed by atoms with E-state index < -0.39 is 0 Å². The molecular weight excluding hydrogens is 412 g/mol. The van der Waals surface area contributed by atoms with Crippen molar-refractivity contribution in [1.82, 2.24) is 4.98 Å². The van der Waals surface area contributed by atoms with E-state index in [9.17, 15) is 4.79 Å². The normalized spacial score (nSPS) is 10.6. The second-order valence-electron chi connectivity index (χ2n) is 6.76. The summed E-state index contributed by atoms with van der Waals surface area (Å²) in [4.78, 5) is 19.5. The van der Waals surface area contributed by atoms with Crippen LogP contribution in [0.1, 0.15) is 5.56 Å². The molecule has 0 atom stereocenters. The van der Waals surface area contributed by atoms with Crippen molar-refractivity contribution in [3.63, 3.8) is 0 Å². The number of carbonyl (C=O) groups is 1. The number of ether oxygens (including phenoxy) is 3. The van der Waals surface area contributed by atoms with Crippen molar-refractivity contribution in [3.8, 4) is 17.2 Å². The maximum Gasteiger partial charge on any atom is 0.267 e. The quantitative estimate of drug-likeness (QED) is 0.394. The summed E-state index contributed by atoms with van der Waals surface area (Å²) in [6.45, 7) is 0.289. The average molecular weight is 435 g/mol. The van der Waals surface area contributed by atoms with Crippen LogP contribution in [0.3, 0.4) is 0 Å². The van der Waals surface area contributed by atoms with Gasteiger partial charge in [-0.1, -0.05) is 47.7 Å². The lowest BCUT2D eigenvalue weighted by Gasteiger charge is -2.20. The highest BCUT2D eigenvalue weighted by Gasteiger charge is 2.21. The van der Waals surface area contributed by atoms with E-state index in [4.69, 9.17) is 14.2 Å². The lowest BCUT2D eigenvalue weighted by Crippen LogP contribution is -2.34. The Balaban J connectivity index is 1.59. The molecule has 158 valence electrons. The Bertz CT molecular complexity index is 1180. The molecule has 4 aromatic rings. The molecular formula is C24H22N2O4S. The number of aromatic nitrogens is 1. The van der Waals surface area contributed by atoms with E-state index in [1.54, 1.807) is 31.3 Å². The van der Waals surface area contributed by atoms with Crippen LogP contribution in [0.15, 0.2) is 72.8 Å². The summed E-state index contributed by atoms with van der Waals surface area (Å²) >= 11 is 1.45. The van der Waals surface area contributed by atoms with E-state index in [2.05, 4.69) is 4.98 Å². The predicted molar refractivity (Wildman–Crippen MR) is 122 cm³/mol. The molecule has 0 spiro atoms. The smallest absolute Gasteiger partial charge is 0.267 e. The monoisotopic (exact) mass is 434 g/mol. The molecule has 1 heterocycles. The van der Waals surface area contributed by atoms with Gasteiger partial charge in [0.1, 0.15) is 17.2 Å². The van der Waals surface area contributed by atoms with Gasteiger partial charge in [-0.05, 0) is 35.9 Å². The number of rotatable bonds is 8. The van der Waals surface area contributed by atoms with Gasteiger partial charge in [0.25, 0.3) is 5.91 Å². The Labute approximate surface area is 184 Å². The van der Waals surface area contributed by atoms with Gasteiger partial charge in [0.05, 0.1) is 31.0 Å². The maximum absolute atomic E-state index is 13.2. The van der Waals surface area contributed by atoms with Gasteiger partial charge >= 0.3 is 0 Å². The molecule has 0 radical (unpaired) electrons. The number of methoxy groups -OCH3 is 2. The lowest BCUT2D eigenvalue weighted by molar-refractivity contribution is -0.120. The first-order valence-electron chi connectivity index (χ1n) is 9.72. The third-order valence-electron chi connectivity index (χ3n) is 4.70. The van der Waals surface area contributed by atoms with Gasteiger partial charge in [0.15, 0.2) is 11.7 Å². The summed E-state index contributed by atoms with van der Waals surface area (Å²) in [5, 5.41) is 0.617. The number of amides is 1. The minimum Gasteiger partial charge on any atom is -0.497 e. The fourth-order valence-electron chi connectivity index (χ4n) is 3.08. The van der Waals surface area contributed by atoms with Crippen molar-refractivity contribution in [3.05, 3.63) is 78.4 Å². The fourth-order valence-corrected chi connectivity index (χ4v) is 4.09. The number of carbonyl (C=O) groups excluding carboxylic acids is 1. The molecule has 0 N–H and O–H groups in total. The molecule has 1 aromatic heterocycles. The minimum absolute atomic E-state index is 0.112. The number of hydrogen-bond acceptors (Lipinski definition) is 6. The van der Waals surface area contributed by atoms with Crippen molar-refractivity contribution in [2.75, 3.05) is 25.7 Å². The standard InChI is InChI=1S/C24H22N2O4S/c1-28-18-9-6-10-20(13-18)30-16-23(27)26(15-17-7-4-3-5-8-17)24-25-21-12-11-19(29-2)14-22(21)31-24/h3-14H,15-16H2,1-2H3. The molecule has 0 bridgehead atoms. The van der Waals surface area contributed by atoms with Gasteiger partial charge in [-0.25, -0.2) is 4.98 Å². The third-order valence-corrected chi connectivity index (χ3v) is 5.74. The summed E-state index contributed by atoms with van der Waals surface area (Å²) in [7, 11) is 3.22. The molecule has 7 heteroatoms. The van der Waals surface area contributed by atoms with E-state index in [0.717, 1.165) is 21.5 Å². The molecule has 0 aliphatic carbocycles. The molecule has 0 unspecified atom stereocenters. The fraction of sp³-hybridized carbons (Fsp3) is 0.167. The second-order valence-corrected chi connectivity index (χ2v) is 7.77. The number of hydrogen-bond donors (Lipinski definition) is 0. The summed E-state index contributed by atoms with van der Waals surface area (Å²) in [5.74, 6) is 1.82. The number of fused-ring (bicyclic) bond motifs is 1. The summed E-state index contributed by atoms with van der Waals surface area (Å²) in [6, 6.07) is 22.7. The first kappa shape index (κ1) is 20.7. The van der Waals surface area contributed by atoms with E-state index in [0.29, 0.717) is 23.2 Å². The van der Waals surface area contributed by atoms with Crippen molar-refractivity contribution in [2.45, 2.75) is 6.54 Å². The Morgan fingerprint density at radius 1 is 0.903 bits per heavy atom. The maximum atomic E-state index is 13.2. The van der Waals surface area contributed by atoms with Gasteiger partial charge < -0.3 is 14.2 Å². The summed E-state index contributed by atoms with van der Waals surface area (Å²) < 4.78 is 17.2. The zero-order chi connectivity index (χ0) is 21.6. The van der Waals surface area contributed by atoms with Crippen LogP contribution in [0.25, 0.3) is 10.2 Å². The van der Waals surface area contributed by atoms with Crippen molar-refractivity contribution >= 4 is 32.6 Å². The minimum atomic E-state index is -0.183. The Morgan fingerprint density at radius 3 is 2.42 bits per heavy atom. The topological polar surface area (TPSA) is 60.9 Å². The van der Waals surface area contributed by atoms with Crippen LogP contribution in [0, 0.1) is 0 Å². The highest BCUT2D eigenvalue weighted by Crippen LogP contribution is 2.32. The van der Waals surface area contributed by atoms with Gasteiger partial charge in [-0.3, -0.25) is 9.69 Å². The zero-order valence-corrected chi connectivity index (χ0v) is 18.1. The molecule has 4 rings (SSSR count). The number of benzene rings is 3. The number of nitrogens with zero attached hydrogens (tertiary/aromatic N) is 2. The van der Waals surface area contributed by atoms with Crippen LogP contribution in [-0.2, 0) is 11.3 Å². The third kappa shape index (κ3) is 4.95. The predicted octanol–water partition coefficient (Wildman–Crippen LogP) is 4.93. The molecule has 0 fully saturated rings. The highest BCUT2D eigenvalue weighted by atomic mass is 32.1. The van der Waals surface area contributed by atoms with E-state index in [1.165, 1.54) is 11.3 Å². The van der Waals surface area contributed by atoms with Crippen LogP contribution < -0.4 is 19.1 Å². The molecule has 1 amide bonds. The van der Waals surface area contributed by atoms with Crippen LogP contribution in [0.2, 0.25) is 0 Å². The first-order chi connectivity index (χ1) is 15.2. The molecule has 3 aromatic carbocycles. The Morgan fingerprint density at radius 2 is 1.65 bits per heavy atom. The number of thiazole rings is 1. The van der Waals surface area contributed by atoms with Gasteiger partial charge in [-0.15, -0.1) is 0 Å². The van der Waals surface area contributed by atoms with Crippen LogP contribution in [0.4, 0.5) is 5.13 Å². The molecule has 0 aliphatic heterocycles. The van der Waals surface area contributed by atoms with Crippen molar-refractivity contribution in [2.24, 2.45) is 0 Å². The van der Waals surface area contributed by atoms with Crippen molar-refractivity contribution in [1.29, 1.82) is 0 Å². The van der Waals surface area contributed by atoms with Crippen LogP contribution in [-0.4, -0.2) is 31.7 Å². The zero-order valence-electron chi connectivity index (χ0n) is 17.3. The number of anilines is 1. The first-order valence-corrected chi connectivity index (χ1v) is 10.5. The lowest BCUT2D eigenvalue weighted by atomic mass is 10.2. The SMILES string of the molecule is COc1cccc(OCC(=O)N(Cc2ccccc2)c2nc3ccc(OC)cc3s2)c1. The largest absolute Gasteiger partial charge is 0.497 e. The molecule has 31 heavy (non-hydrogen) atoms.